The zero-order valence-electron chi connectivity index (χ0n) is 8.50. The Labute approximate surface area is 81.0 Å². The maximum Gasteiger partial charge on any atom is 0.0540 e. The van der Waals surface area contributed by atoms with E-state index in [-0.39, 0.29) is 6.10 Å². The van der Waals surface area contributed by atoms with E-state index in [0.717, 1.165) is 31.8 Å². The summed E-state index contributed by atoms with van der Waals surface area (Å²) in [7, 11) is 0. The Morgan fingerprint density at radius 2 is 2.00 bits per heavy atom. The van der Waals surface area contributed by atoms with Crippen molar-refractivity contribution in [3.8, 4) is 0 Å². The first kappa shape index (κ1) is 10.7. The lowest BCUT2D eigenvalue weighted by molar-refractivity contribution is 0.108. The predicted molar refractivity (Wildman–Crippen MR) is 55.6 cm³/mol. The van der Waals surface area contributed by atoms with Crippen LogP contribution < -0.4 is 5.32 Å². The van der Waals surface area contributed by atoms with Crippen LogP contribution in [0.4, 0.5) is 0 Å². The minimum absolute atomic E-state index is 0.0215. The van der Waals surface area contributed by atoms with Gasteiger partial charge in [-0.05, 0) is 45.1 Å². The van der Waals surface area contributed by atoms with Crippen molar-refractivity contribution in [2.45, 2.75) is 38.7 Å². The molecule has 2 N–H and O–H groups in total. The van der Waals surface area contributed by atoms with Gasteiger partial charge in [-0.15, -0.1) is 0 Å². The van der Waals surface area contributed by atoms with Crippen molar-refractivity contribution in [2.75, 3.05) is 13.1 Å². The Kier molecular flexibility index (Phi) is 5.09. The Balaban J connectivity index is 2.02. The fourth-order valence-electron chi connectivity index (χ4n) is 1.84. The third kappa shape index (κ3) is 4.44. The van der Waals surface area contributed by atoms with Crippen LogP contribution in [0.1, 0.15) is 32.6 Å². The highest BCUT2D eigenvalue weighted by atomic mass is 16.3. The van der Waals surface area contributed by atoms with Gasteiger partial charge in [0.05, 0.1) is 6.10 Å². The van der Waals surface area contributed by atoms with Crippen molar-refractivity contribution in [1.82, 2.24) is 5.32 Å². The van der Waals surface area contributed by atoms with Crippen LogP contribution in [0.15, 0.2) is 12.2 Å². The topological polar surface area (TPSA) is 32.3 Å². The molecule has 0 radical (unpaired) electrons. The van der Waals surface area contributed by atoms with Gasteiger partial charge in [-0.25, -0.2) is 0 Å². The number of aliphatic hydroxyl groups is 1. The van der Waals surface area contributed by atoms with Crippen LogP contribution in [-0.2, 0) is 0 Å². The summed E-state index contributed by atoms with van der Waals surface area (Å²) < 4.78 is 0. The number of hydrogen-bond acceptors (Lipinski definition) is 2. The molecule has 1 aliphatic carbocycles. The van der Waals surface area contributed by atoms with Crippen LogP contribution in [0.25, 0.3) is 0 Å². The van der Waals surface area contributed by atoms with Gasteiger partial charge in [0.15, 0.2) is 0 Å². The van der Waals surface area contributed by atoms with E-state index in [4.69, 9.17) is 0 Å². The predicted octanol–water partition coefficient (Wildman–Crippen LogP) is 1.70. The second-order valence-corrected chi connectivity index (χ2v) is 3.90. The van der Waals surface area contributed by atoms with Crippen molar-refractivity contribution in [3.63, 3.8) is 0 Å². The second kappa shape index (κ2) is 6.17. The first-order chi connectivity index (χ1) is 6.33. The lowest BCUT2D eigenvalue weighted by atomic mass is 9.87. The summed E-state index contributed by atoms with van der Waals surface area (Å²) in [4.78, 5) is 0. The highest BCUT2D eigenvalue weighted by Gasteiger charge is 2.18. The molecule has 0 aromatic carbocycles. The van der Waals surface area contributed by atoms with Crippen molar-refractivity contribution in [2.24, 2.45) is 5.92 Å². The molecule has 1 aliphatic rings. The van der Waals surface area contributed by atoms with Crippen LogP contribution in [0, 0.1) is 5.92 Å². The minimum atomic E-state index is -0.0215. The van der Waals surface area contributed by atoms with Gasteiger partial charge in [0.25, 0.3) is 0 Å². The summed E-state index contributed by atoms with van der Waals surface area (Å²) in [5.74, 6) is 0.786. The highest BCUT2D eigenvalue weighted by Crippen LogP contribution is 2.23. The van der Waals surface area contributed by atoms with E-state index in [1.165, 1.54) is 12.8 Å². The van der Waals surface area contributed by atoms with Gasteiger partial charge < -0.3 is 10.4 Å². The van der Waals surface area contributed by atoms with E-state index in [9.17, 15) is 5.11 Å². The van der Waals surface area contributed by atoms with Crippen molar-refractivity contribution >= 4 is 0 Å². The number of nitrogens with one attached hydrogen (secondary N) is 1. The molecular formula is C11H21NO. The van der Waals surface area contributed by atoms with Gasteiger partial charge in [0.1, 0.15) is 0 Å². The summed E-state index contributed by atoms with van der Waals surface area (Å²) >= 11 is 0. The molecule has 0 amide bonds. The van der Waals surface area contributed by atoms with E-state index >= 15 is 0 Å². The summed E-state index contributed by atoms with van der Waals surface area (Å²) in [6.07, 6.45) is 8.54. The molecular weight excluding hydrogens is 162 g/mol. The molecule has 1 fully saturated rings. The van der Waals surface area contributed by atoms with Gasteiger partial charge >= 0.3 is 0 Å². The molecule has 0 aliphatic heterocycles. The van der Waals surface area contributed by atoms with Crippen LogP contribution in [0.5, 0.6) is 0 Å². The molecule has 1 saturated carbocycles. The third-order valence-corrected chi connectivity index (χ3v) is 2.75. The van der Waals surface area contributed by atoms with Crippen LogP contribution >= 0.6 is 0 Å². The smallest absolute Gasteiger partial charge is 0.0540 e. The number of rotatable bonds is 4. The van der Waals surface area contributed by atoms with Gasteiger partial charge in [0.2, 0.25) is 0 Å². The van der Waals surface area contributed by atoms with Gasteiger partial charge in [0, 0.05) is 6.54 Å². The SMILES string of the molecule is C/C=C/CNCC1CCC(O)CC1. The molecule has 13 heavy (non-hydrogen) atoms. The molecule has 0 unspecified atom stereocenters. The Morgan fingerprint density at radius 3 is 2.62 bits per heavy atom. The summed E-state index contributed by atoms with van der Waals surface area (Å²) in [6.45, 7) is 4.13. The standard InChI is InChI=1S/C11H21NO/c1-2-3-8-12-9-10-4-6-11(13)7-5-10/h2-3,10-13H,4-9H2,1H3/b3-2+. The number of allylic oxidation sites excluding steroid dienone is 1. The fourth-order valence-corrected chi connectivity index (χ4v) is 1.84. The lowest BCUT2D eigenvalue weighted by Crippen LogP contribution is -2.28. The molecule has 1 rings (SSSR count). The maximum absolute atomic E-state index is 9.31. The van der Waals surface area contributed by atoms with Crippen molar-refractivity contribution < 1.29 is 5.11 Å². The quantitative estimate of drug-likeness (QED) is 0.513. The molecule has 0 bridgehead atoms. The van der Waals surface area contributed by atoms with E-state index < -0.39 is 0 Å². The summed E-state index contributed by atoms with van der Waals surface area (Å²) in [5, 5.41) is 12.7. The van der Waals surface area contributed by atoms with Gasteiger partial charge in [-0.3, -0.25) is 0 Å². The number of aliphatic hydroxyl groups excluding tert-OH is 1. The monoisotopic (exact) mass is 183 g/mol. The van der Waals surface area contributed by atoms with E-state index in [1.807, 2.05) is 6.92 Å². The number of hydrogen-bond donors (Lipinski definition) is 2. The molecule has 0 aromatic heterocycles. The maximum atomic E-state index is 9.31. The average molecular weight is 183 g/mol. The van der Waals surface area contributed by atoms with E-state index in [1.54, 1.807) is 0 Å². The van der Waals surface area contributed by atoms with Gasteiger partial charge in [-0.2, -0.15) is 0 Å². The first-order valence-corrected chi connectivity index (χ1v) is 5.33. The van der Waals surface area contributed by atoms with Crippen molar-refractivity contribution in [3.05, 3.63) is 12.2 Å². The third-order valence-electron chi connectivity index (χ3n) is 2.75. The van der Waals surface area contributed by atoms with Gasteiger partial charge in [-0.1, -0.05) is 12.2 Å². The second-order valence-electron chi connectivity index (χ2n) is 3.90. The minimum Gasteiger partial charge on any atom is -0.393 e. The summed E-state index contributed by atoms with van der Waals surface area (Å²) in [5.41, 5.74) is 0. The van der Waals surface area contributed by atoms with E-state index in [0.29, 0.717) is 0 Å². The van der Waals surface area contributed by atoms with Crippen LogP contribution in [0.2, 0.25) is 0 Å². The zero-order valence-corrected chi connectivity index (χ0v) is 8.50. The average Bonchev–Trinajstić information content (AvgIpc) is 2.15. The van der Waals surface area contributed by atoms with Crippen LogP contribution in [0.3, 0.4) is 0 Å². The lowest BCUT2D eigenvalue weighted by Gasteiger charge is -2.25. The fraction of sp³-hybridized carbons (Fsp3) is 0.818. The molecule has 2 nitrogen and oxygen atoms in total. The molecule has 0 aromatic rings. The Morgan fingerprint density at radius 1 is 1.31 bits per heavy atom. The Hall–Kier alpha value is -0.340. The highest BCUT2D eigenvalue weighted by molar-refractivity contribution is 4.80. The largest absolute Gasteiger partial charge is 0.393 e. The molecule has 76 valence electrons. The summed E-state index contributed by atoms with van der Waals surface area (Å²) in [6, 6.07) is 0. The first-order valence-electron chi connectivity index (χ1n) is 5.33. The zero-order chi connectivity index (χ0) is 9.52. The van der Waals surface area contributed by atoms with Crippen molar-refractivity contribution in [1.29, 1.82) is 0 Å². The van der Waals surface area contributed by atoms with Crippen LogP contribution in [-0.4, -0.2) is 24.3 Å². The molecule has 0 atom stereocenters. The molecule has 0 spiro atoms. The Bertz CT molecular complexity index is 148. The molecule has 2 heteroatoms. The normalized spacial score (nSPS) is 29.7. The molecule has 0 saturated heterocycles. The van der Waals surface area contributed by atoms with E-state index in [2.05, 4.69) is 17.5 Å². The molecule has 0 heterocycles.